The van der Waals surface area contributed by atoms with Gasteiger partial charge in [-0.15, -0.1) is 0 Å². The number of aliphatic carboxylic acids is 1. The first-order chi connectivity index (χ1) is 10.1. The number of carboxylic acid groups (broad SMARTS) is 1. The molecule has 0 aliphatic carbocycles. The van der Waals surface area contributed by atoms with Gasteiger partial charge in [0.2, 0.25) is 0 Å². The SMILES string of the molecule is O=C(O)/C=C/c1cc2ccccc2nc1-n1cc(Br)cn1. The summed E-state index contributed by atoms with van der Waals surface area (Å²) in [5.74, 6) is -0.423. The fourth-order valence-electron chi connectivity index (χ4n) is 2.01. The Kier molecular flexibility index (Phi) is 3.53. The fraction of sp³-hybridized carbons (Fsp3) is 0. The average Bonchev–Trinajstić information content (AvgIpc) is 2.90. The summed E-state index contributed by atoms with van der Waals surface area (Å²) >= 11 is 3.34. The number of carboxylic acids is 1. The van der Waals surface area contributed by atoms with Crippen LogP contribution in [0, 0.1) is 0 Å². The molecule has 0 aliphatic heterocycles. The Bertz CT molecular complexity index is 855. The predicted molar refractivity (Wildman–Crippen MR) is 83.2 cm³/mol. The second-order valence-corrected chi connectivity index (χ2v) is 5.28. The lowest BCUT2D eigenvalue weighted by atomic mass is 10.1. The highest BCUT2D eigenvalue weighted by molar-refractivity contribution is 9.10. The molecule has 6 heteroatoms. The van der Waals surface area contributed by atoms with Gasteiger partial charge in [-0.25, -0.2) is 14.5 Å². The normalized spacial score (nSPS) is 11.3. The van der Waals surface area contributed by atoms with Gasteiger partial charge in [-0.2, -0.15) is 5.10 Å². The summed E-state index contributed by atoms with van der Waals surface area (Å²) in [5.41, 5.74) is 1.51. The van der Waals surface area contributed by atoms with Gasteiger partial charge in [0.25, 0.3) is 0 Å². The van der Waals surface area contributed by atoms with Crippen LogP contribution in [0.5, 0.6) is 0 Å². The topological polar surface area (TPSA) is 68.0 Å². The van der Waals surface area contributed by atoms with Crippen molar-refractivity contribution in [1.29, 1.82) is 0 Å². The molecule has 0 atom stereocenters. The summed E-state index contributed by atoms with van der Waals surface area (Å²) in [6, 6.07) is 9.56. The van der Waals surface area contributed by atoms with Gasteiger partial charge in [0, 0.05) is 23.2 Å². The molecule has 1 aromatic carbocycles. The van der Waals surface area contributed by atoms with Crippen LogP contribution in [-0.4, -0.2) is 25.8 Å². The van der Waals surface area contributed by atoms with Crippen molar-refractivity contribution in [3.8, 4) is 5.82 Å². The highest BCUT2D eigenvalue weighted by Crippen LogP contribution is 2.21. The van der Waals surface area contributed by atoms with E-state index >= 15 is 0 Å². The van der Waals surface area contributed by atoms with Crippen molar-refractivity contribution < 1.29 is 9.90 Å². The quantitative estimate of drug-likeness (QED) is 0.741. The van der Waals surface area contributed by atoms with Crippen LogP contribution in [0.4, 0.5) is 0 Å². The number of hydrogen-bond acceptors (Lipinski definition) is 3. The van der Waals surface area contributed by atoms with E-state index in [1.54, 1.807) is 17.1 Å². The molecule has 1 N–H and O–H groups in total. The van der Waals surface area contributed by atoms with Gasteiger partial charge in [0.05, 0.1) is 16.2 Å². The molecule has 2 aromatic heterocycles. The number of fused-ring (bicyclic) bond motifs is 1. The molecule has 0 saturated heterocycles. The Morgan fingerprint density at radius 2 is 2.14 bits per heavy atom. The standard InChI is InChI=1S/C15H10BrN3O2/c16-12-8-17-19(9-12)15-11(5-6-14(20)21)7-10-3-1-2-4-13(10)18-15/h1-9H,(H,20,21)/b6-5+. The van der Waals surface area contributed by atoms with E-state index in [0.29, 0.717) is 11.4 Å². The first-order valence-corrected chi connectivity index (χ1v) is 6.94. The van der Waals surface area contributed by atoms with Gasteiger partial charge < -0.3 is 5.11 Å². The second-order valence-electron chi connectivity index (χ2n) is 4.37. The van der Waals surface area contributed by atoms with Gasteiger partial charge in [0.15, 0.2) is 5.82 Å². The number of para-hydroxylation sites is 1. The van der Waals surface area contributed by atoms with E-state index in [9.17, 15) is 4.79 Å². The maximum absolute atomic E-state index is 10.8. The first-order valence-electron chi connectivity index (χ1n) is 6.15. The van der Waals surface area contributed by atoms with Crippen LogP contribution in [0.2, 0.25) is 0 Å². The highest BCUT2D eigenvalue weighted by Gasteiger charge is 2.08. The molecule has 3 aromatic rings. The number of rotatable bonds is 3. The smallest absolute Gasteiger partial charge is 0.328 e. The summed E-state index contributed by atoms with van der Waals surface area (Å²) in [5, 5.41) is 14.0. The molecular formula is C15H10BrN3O2. The minimum atomic E-state index is -1.00. The number of carbonyl (C=O) groups is 1. The summed E-state index contributed by atoms with van der Waals surface area (Å²) < 4.78 is 2.43. The molecular weight excluding hydrogens is 334 g/mol. The number of halogens is 1. The Morgan fingerprint density at radius 3 is 2.86 bits per heavy atom. The first kappa shape index (κ1) is 13.5. The van der Waals surface area contributed by atoms with Gasteiger partial charge in [-0.05, 0) is 34.1 Å². The lowest BCUT2D eigenvalue weighted by Gasteiger charge is -2.07. The Labute approximate surface area is 128 Å². The van der Waals surface area contributed by atoms with E-state index in [2.05, 4.69) is 26.0 Å². The largest absolute Gasteiger partial charge is 0.478 e. The Balaban J connectivity index is 2.23. The van der Waals surface area contributed by atoms with E-state index in [0.717, 1.165) is 21.5 Å². The maximum atomic E-state index is 10.8. The number of nitrogens with zero attached hydrogens (tertiary/aromatic N) is 3. The second kappa shape index (κ2) is 5.49. The van der Waals surface area contributed by atoms with Crippen LogP contribution in [-0.2, 0) is 4.79 Å². The van der Waals surface area contributed by atoms with E-state index in [4.69, 9.17) is 5.11 Å². The van der Waals surface area contributed by atoms with E-state index < -0.39 is 5.97 Å². The van der Waals surface area contributed by atoms with Crippen molar-refractivity contribution in [3.63, 3.8) is 0 Å². The van der Waals surface area contributed by atoms with E-state index in [1.807, 2.05) is 30.3 Å². The summed E-state index contributed by atoms with van der Waals surface area (Å²) in [4.78, 5) is 15.3. The van der Waals surface area contributed by atoms with Crippen molar-refractivity contribution >= 4 is 38.9 Å². The van der Waals surface area contributed by atoms with Crippen LogP contribution < -0.4 is 0 Å². The number of hydrogen-bond donors (Lipinski definition) is 1. The fourth-order valence-corrected chi connectivity index (χ4v) is 2.29. The summed E-state index contributed by atoms with van der Waals surface area (Å²) in [7, 11) is 0. The van der Waals surface area contributed by atoms with Crippen molar-refractivity contribution in [2.24, 2.45) is 0 Å². The van der Waals surface area contributed by atoms with E-state index in [-0.39, 0.29) is 0 Å². The Morgan fingerprint density at radius 1 is 1.33 bits per heavy atom. The number of aromatic nitrogens is 3. The van der Waals surface area contributed by atoms with Gasteiger partial charge >= 0.3 is 5.97 Å². The molecule has 0 amide bonds. The zero-order chi connectivity index (χ0) is 14.8. The molecule has 0 unspecified atom stereocenters. The van der Waals surface area contributed by atoms with Crippen molar-refractivity contribution in [3.05, 3.63) is 58.8 Å². The zero-order valence-corrected chi connectivity index (χ0v) is 12.4. The Hall–Kier alpha value is -2.47. The zero-order valence-electron chi connectivity index (χ0n) is 10.8. The molecule has 0 aliphatic rings. The van der Waals surface area contributed by atoms with Crippen molar-refractivity contribution in [1.82, 2.24) is 14.8 Å². The van der Waals surface area contributed by atoms with Gasteiger partial charge in [0.1, 0.15) is 0 Å². The molecule has 21 heavy (non-hydrogen) atoms. The summed E-state index contributed by atoms with van der Waals surface area (Å²) in [6.07, 6.45) is 6.04. The predicted octanol–water partition coefficient (Wildman–Crippen LogP) is 3.28. The van der Waals surface area contributed by atoms with Crippen LogP contribution >= 0.6 is 15.9 Å². The van der Waals surface area contributed by atoms with Crippen LogP contribution in [0.15, 0.2) is 53.3 Å². The molecule has 0 fully saturated rings. The lowest BCUT2D eigenvalue weighted by Crippen LogP contribution is -2.01. The van der Waals surface area contributed by atoms with E-state index in [1.165, 1.54) is 6.08 Å². The highest BCUT2D eigenvalue weighted by atomic mass is 79.9. The number of pyridine rings is 1. The summed E-state index contributed by atoms with van der Waals surface area (Å²) in [6.45, 7) is 0. The minimum absolute atomic E-state index is 0.580. The molecule has 0 radical (unpaired) electrons. The van der Waals surface area contributed by atoms with Crippen LogP contribution in [0.1, 0.15) is 5.56 Å². The van der Waals surface area contributed by atoms with Crippen molar-refractivity contribution in [2.75, 3.05) is 0 Å². The molecule has 5 nitrogen and oxygen atoms in total. The van der Waals surface area contributed by atoms with Gasteiger partial charge in [-0.1, -0.05) is 18.2 Å². The average molecular weight is 344 g/mol. The minimum Gasteiger partial charge on any atom is -0.478 e. The lowest BCUT2D eigenvalue weighted by molar-refractivity contribution is -0.131. The molecule has 2 heterocycles. The van der Waals surface area contributed by atoms with Crippen LogP contribution in [0.25, 0.3) is 22.8 Å². The van der Waals surface area contributed by atoms with Gasteiger partial charge in [-0.3, -0.25) is 0 Å². The van der Waals surface area contributed by atoms with Crippen molar-refractivity contribution in [2.45, 2.75) is 0 Å². The third-order valence-electron chi connectivity index (χ3n) is 2.91. The molecule has 104 valence electrons. The monoisotopic (exact) mass is 343 g/mol. The third kappa shape index (κ3) is 2.85. The molecule has 0 bridgehead atoms. The maximum Gasteiger partial charge on any atom is 0.328 e. The molecule has 3 rings (SSSR count). The molecule has 0 spiro atoms. The van der Waals surface area contributed by atoms with Crippen LogP contribution in [0.3, 0.4) is 0 Å². The molecule has 0 saturated carbocycles. The number of benzene rings is 1. The third-order valence-corrected chi connectivity index (χ3v) is 3.32.